The number of carbonyl (C=O) groups excluding carboxylic acids is 1. The minimum atomic E-state index is -2.93. The number of methoxy groups -OCH3 is 3. The molecule has 0 saturated carbocycles. The van der Waals surface area contributed by atoms with Gasteiger partial charge in [-0.15, -0.1) is 0 Å². The van der Waals surface area contributed by atoms with E-state index in [0.29, 0.717) is 11.3 Å². The highest BCUT2D eigenvalue weighted by Gasteiger charge is 2.27. The van der Waals surface area contributed by atoms with Crippen LogP contribution in [0.4, 0.5) is 11.6 Å². The fourth-order valence-corrected chi connectivity index (χ4v) is 4.05. The summed E-state index contributed by atoms with van der Waals surface area (Å²) in [5, 5.41) is 0. The van der Waals surface area contributed by atoms with Gasteiger partial charge in [-0.3, -0.25) is 4.21 Å². The molecule has 0 fully saturated rings. The van der Waals surface area contributed by atoms with Crippen molar-refractivity contribution in [2.75, 3.05) is 25.6 Å². The van der Waals surface area contributed by atoms with Crippen LogP contribution in [0.2, 0.25) is 0 Å². The van der Waals surface area contributed by atoms with Crippen molar-refractivity contribution in [3.8, 4) is 34.5 Å². The SMILES string of the molecule is C=C(C)c1ccc(N(c2nc(-c3ccnc(C(=O)OC)c3)nc(OC)c2Oc2ccccc2OC)S(=O)[O-])nc1. The molecule has 12 nitrogen and oxygen atoms in total. The maximum absolute atomic E-state index is 12.7. The summed E-state index contributed by atoms with van der Waals surface area (Å²) in [6, 6.07) is 12.9. The topological polar surface area (TPSA) is 149 Å². The average Bonchev–Trinajstić information content (AvgIpc) is 2.97. The molecule has 13 heteroatoms. The molecule has 4 rings (SSSR count). The third-order valence-corrected chi connectivity index (χ3v) is 6.15. The van der Waals surface area contributed by atoms with Crippen LogP contribution in [0.5, 0.6) is 23.1 Å². The third-order valence-electron chi connectivity index (χ3n) is 5.49. The summed E-state index contributed by atoms with van der Waals surface area (Å²) >= 11 is -2.93. The van der Waals surface area contributed by atoms with Crippen molar-refractivity contribution in [2.24, 2.45) is 0 Å². The second-order valence-electron chi connectivity index (χ2n) is 8.08. The van der Waals surface area contributed by atoms with Crippen LogP contribution in [0.1, 0.15) is 23.0 Å². The number of rotatable bonds is 10. The summed E-state index contributed by atoms with van der Waals surface area (Å²) in [4.78, 5) is 29.3. The molecule has 0 spiro atoms. The molecular formula is C27H24N5O7S-. The second kappa shape index (κ2) is 12.3. The van der Waals surface area contributed by atoms with Gasteiger partial charge in [0.05, 0.1) is 32.6 Å². The summed E-state index contributed by atoms with van der Waals surface area (Å²) in [5.41, 5.74) is 1.80. The van der Waals surface area contributed by atoms with E-state index < -0.39 is 17.2 Å². The van der Waals surface area contributed by atoms with Gasteiger partial charge in [-0.2, -0.15) is 4.98 Å². The Labute approximate surface area is 232 Å². The van der Waals surface area contributed by atoms with Crippen LogP contribution in [-0.2, 0) is 16.0 Å². The molecule has 3 heterocycles. The average molecular weight is 563 g/mol. The number of anilines is 2. The predicted molar refractivity (Wildman–Crippen MR) is 146 cm³/mol. The van der Waals surface area contributed by atoms with Crippen LogP contribution < -0.4 is 18.5 Å². The highest BCUT2D eigenvalue weighted by atomic mass is 32.2. The number of benzene rings is 1. The first-order valence-corrected chi connectivity index (χ1v) is 12.6. The van der Waals surface area contributed by atoms with Crippen molar-refractivity contribution >= 4 is 34.4 Å². The van der Waals surface area contributed by atoms with Gasteiger partial charge in [-0.25, -0.2) is 24.1 Å². The van der Waals surface area contributed by atoms with Gasteiger partial charge in [0.15, 0.2) is 23.1 Å². The second-order valence-corrected chi connectivity index (χ2v) is 8.88. The molecule has 0 N–H and O–H groups in total. The molecule has 3 aromatic heterocycles. The lowest BCUT2D eigenvalue weighted by atomic mass is 10.1. The van der Waals surface area contributed by atoms with Crippen LogP contribution in [0.25, 0.3) is 17.0 Å². The Morgan fingerprint density at radius 2 is 1.75 bits per heavy atom. The highest BCUT2D eigenvalue weighted by molar-refractivity contribution is 7.81. The molecule has 1 atom stereocenters. The van der Waals surface area contributed by atoms with Gasteiger partial charge in [0.2, 0.25) is 5.75 Å². The van der Waals surface area contributed by atoms with E-state index in [1.54, 1.807) is 43.3 Å². The van der Waals surface area contributed by atoms with E-state index in [-0.39, 0.29) is 40.5 Å². The largest absolute Gasteiger partial charge is 0.755 e. The van der Waals surface area contributed by atoms with Gasteiger partial charge >= 0.3 is 5.97 Å². The number of aromatic nitrogens is 4. The fourth-order valence-electron chi connectivity index (χ4n) is 3.53. The first-order chi connectivity index (χ1) is 19.3. The zero-order valence-corrected chi connectivity index (χ0v) is 22.8. The number of carbonyl (C=O) groups is 1. The zero-order valence-electron chi connectivity index (χ0n) is 22.0. The van der Waals surface area contributed by atoms with E-state index in [1.807, 2.05) is 0 Å². The van der Waals surface area contributed by atoms with E-state index in [2.05, 4.69) is 26.5 Å². The lowest BCUT2D eigenvalue weighted by Crippen LogP contribution is -2.23. The lowest BCUT2D eigenvalue weighted by Gasteiger charge is -2.27. The van der Waals surface area contributed by atoms with Gasteiger partial charge in [0.25, 0.3) is 5.88 Å². The van der Waals surface area contributed by atoms with Crippen LogP contribution >= 0.6 is 0 Å². The normalized spacial score (nSPS) is 11.3. The summed E-state index contributed by atoms with van der Waals surface area (Å²) in [6.07, 6.45) is 2.86. The van der Waals surface area contributed by atoms with E-state index >= 15 is 0 Å². The molecule has 1 aromatic carbocycles. The molecule has 0 radical (unpaired) electrons. The molecule has 206 valence electrons. The maximum Gasteiger partial charge on any atom is 0.356 e. The van der Waals surface area contributed by atoms with Crippen molar-refractivity contribution in [3.63, 3.8) is 0 Å². The van der Waals surface area contributed by atoms with Crippen molar-refractivity contribution in [2.45, 2.75) is 6.92 Å². The Kier molecular flexibility index (Phi) is 8.67. The van der Waals surface area contributed by atoms with Gasteiger partial charge in [0.1, 0.15) is 11.5 Å². The molecule has 0 bridgehead atoms. The first-order valence-electron chi connectivity index (χ1n) is 11.6. The fraction of sp³-hybridized carbons (Fsp3) is 0.148. The number of pyridine rings is 2. The van der Waals surface area contributed by atoms with Gasteiger partial charge in [-0.1, -0.05) is 18.7 Å². The number of allylic oxidation sites excluding steroid dienone is 1. The van der Waals surface area contributed by atoms with Crippen LogP contribution in [0.3, 0.4) is 0 Å². The third kappa shape index (κ3) is 5.90. The number of esters is 1. The Balaban J connectivity index is 1.97. The Morgan fingerprint density at radius 3 is 2.35 bits per heavy atom. The number of hydrogen-bond donors (Lipinski definition) is 0. The van der Waals surface area contributed by atoms with E-state index in [1.165, 1.54) is 45.9 Å². The van der Waals surface area contributed by atoms with Crippen LogP contribution in [-0.4, -0.2) is 56.0 Å². The van der Waals surface area contributed by atoms with E-state index in [4.69, 9.17) is 18.9 Å². The zero-order chi connectivity index (χ0) is 28.8. The smallest absolute Gasteiger partial charge is 0.356 e. The molecule has 0 aliphatic carbocycles. The molecule has 0 aliphatic heterocycles. The van der Waals surface area contributed by atoms with Gasteiger partial charge < -0.3 is 23.5 Å². The molecular weight excluding hydrogens is 538 g/mol. The maximum atomic E-state index is 12.7. The van der Waals surface area contributed by atoms with Crippen molar-refractivity contribution in [3.05, 3.63) is 78.8 Å². The number of ether oxygens (including phenoxy) is 4. The van der Waals surface area contributed by atoms with E-state index in [9.17, 15) is 13.6 Å². The van der Waals surface area contributed by atoms with Crippen molar-refractivity contribution in [1.29, 1.82) is 0 Å². The highest BCUT2D eigenvalue weighted by Crippen LogP contribution is 2.44. The molecule has 0 amide bonds. The quantitative estimate of drug-likeness (QED) is 0.199. The molecule has 0 aliphatic rings. The number of para-hydroxylation sites is 2. The Bertz CT molecular complexity index is 1580. The van der Waals surface area contributed by atoms with Gasteiger partial charge in [-0.05, 0) is 54.5 Å². The van der Waals surface area contributed by atoms with Crippen molar-refractivity contribution < 1.29 is 32.5 Å². The molecule has 40 heavy (non-hydrogen) atoms. The lowest BCUT2D eigenvalue weighted by molar-refractivity contribution is 0.0594. The Hall–Kier alpha value is -4.88. The molecule has 0 saturated heterocycles. The molecule has 1 unspecified atom stereocenters. The summed E-state index contributed by atoms with van der Waals surface area (Å²) in [5.74, 6) is -0.470. The number of hydrogen-bond acceptors (Lipinski definition) is 11. The summed E-state index contributed by atoms with van der Waals surface area (Å²) in [6.45, 7) is 5.69. The van der Waals surface area contributed by atoms with E-state index in [0.717, 1.165) is 15.4 Å². The first kappa shape index (κ1) is 28.1. The van der Waals surface area contributed by atoms with Crippen LogP contribution in [0, 0.1) is 0 Å². The monoisotopic (exact) mass is 562 g/mol. The summed E-state index contributed by atoms with van der Waals surface area (Å²) in [7, 11) is 4.04. The van der Waals surface area contributed by atoms with Gasteiger partial charge in [0, 0.05) is 18.0 Å². The minimum absolute atomic E-state index is 0.000210. The molecule has 4 aromatic rings. The minimum Gasteiger partial charge on any atom is -0.755 e. The predicted octanol–water partition coefficient (Wildman–Crippen LogP) is 4.50. The standard InChI is InChI=1S/C27H25N5O7S/c1-16(2)18-10-11-22(29-15-18)32(40(34)35)25-23(39-21-9-7-6-8-20(21)36-3)26(37-4)31-24(30-25)17-12-13-28-19(14-17)27(33)38-5/h6-15H,1H2,2-5H3,(H,34,35)/p-1. The summed E-state index contributed by atoms with van der Waals surface area (Å²) < 4.78 is 48.0. The Morgan fingerprint density at radius 1 is 1.00 bits per heavy atom. The number of nitrogens with zero attached hydrogens (tertiary/aromatic N) is 5. The van der Waals surface area contributed by atoms with Crippen LogP contribution in [0.15, 0.2) is 67.5 Å². The van der Waals surface area contributed by atoms with Crippen molar-refractivity contribution in [1.82, 2.24) is 19.9 Å².